The molecule has 124 valence electrons. The Morgan fingerprint density at radius 1 is 1.38 bits per heavy atom. The van der Waals surface area contributed by atoms with Crippen molar-refractivity contribution in [3.63, 3.8) is 0 Å². The predicted octanol–water partition coefficient (Wildman–Crippen LogP) is 1.98. The van der Waals surface area contributed by atoms with Crippen molar-refractivity contribution in [1.82, 2.24) is 20.3 Å². The van der Waals surface area contributed by atoms with Gasteiger partial charge in [-0.3, -0.25) is 9.78 Å². The van der Waals surface area contributed by atoms with E-state index in [1.54, 1.807) is 12.4 Å². The topological polar surface area (TPSA) is 100 Å². The van der Waals surface area contributed by atoms with Gasteiger partial charge in [0.1, 0.15) is 0 Å². The maximum atomic E-state index is 12.3. The number of hydrogen-bond donors (Lipinski definition) is 3. The molecule has 8 heteroatoms. The normalized spacial score (nSPS) is 12.1. The van der Waals surface area contributed by atoms with Crippen molar-refractivity contribution in [3.05, 3.63) is 47.2 Å². The third kappa shape index (κ3) is 3.50. The molecule has 3 rings (SSSR count). The zero-order valence-electron chi connectivity index (χ0n) is 13.1. The Labute approximate surface area is 142 Å². The monoisotopic (exact) mass is 343 g/mol. The van der Waals surface area contributed by atoms with Crippen LogP contribution in [0, 0.1) is 0 Å². The van der Waals surface area contributed by atoms with Crippen LogP contribution in [0.15, 0.2) is 36.0 Å². The number of carbonyl (C=O) groups excluding carboxylic acids is 1. The number of aliphatic hydroxyl groups excluding tert-OH is 1. The molecule has 0 aliphatic rings. The fraction of sp³-hybridized carbons (Fsp3) is 0.250. The number of nitrogens with zero attached hydrogens (tertiary/aromatic N) is 3. The Morgan fingerprint density at radius 2 is 2.25 bits per heavy atom. The largest absolute Gasteiger partial charge is 0.395 e. The van der Waals surface area contributed by atoms with Crippen LogP contribution in [0.1, 0.15) is 29.0 Å². The molecule has 3 heterocycles. The van der Waals surface area contributed by atoms with E-state index in [0.29, 0.717) is 17.2 Å². The molecular formula is C16H17N5O2S. The summed E-state index contributed by atoms with van der Waals surface area (Å²) in [6.07, 6.45) is 3.49. The Balaban J connectivity index is 1.90. The molecule has 0 fully saturated rings. The maximum Gasteiger partial charge on any atom is 0.271 e. The van der Waals surface area contributed by atoms with E-state index in [9.17, 15) is 4.79 Å². The van der Waals surface area contributed by atoms with Crippen molar-refractivity contribution in [2.75, 3.05) is 18.5 Å². The van der Waals surface area contributed by atoms with Crippen molar-refractivity contribution >= 4 is 33.4 Å². The van der Waals surface area contributed by atoms with Crippen molar-refractivity contribution < 1.29 is 9.90 Å². The van der Waals surface area contributed by atoms with E-state index in [1.807, 2.05) is 30.5 Å². The molecule has 0 aliphatic carbocycles. The molecule has 0 aliphatic heterocycles. The van der Waals surface area contributed by atoms with Gasteiger partial charge in [-0.05, 0) is 30.0 Å². The first kappa shape index (κ1) is 16.3. The number of hydrogen-bond acceptors (Lipinski definition) is 7. The van der Waals surface area contributed by atoms with Crippen LogP contribution in [0.25, 0.3) is 10.2 Å². The quantitative estimate of drug-likeness (QED) is 0.633. The molecule has 0 bridgehead atoms. The summed E-state index contributed by atoms with van der Waals surface area (Å²) in [7, 11) is 0. The standard InChI is InChI=1S/C16H17N5O2S/c1-10(11-3-2-5-17-9-11)19-16-20-12-4-8-24-14(12)13(21-16)15(23)18-6-7-22/h2-5,8-10,22H,6-7H2,1H3,(H,18,23)(H,19,20,21). The van der Waals surface area contributed by atoms with E-state index in [1.165, 1.54) is 11.3 Å². The van der Waals surface area contributed by atoms with Gasteiger partial charge in [-0.15, -0.1) is 11.3 Å². The van der Waals surface area contributed by atoms with E-state index in [0.717, 1.165) is 10.3 Å². The number of amides is 1. The van der Waals surface area contributed by atoms with Gasteiger partial charge in [0, 0.05) is 18.9 Å². The molecule has 24 heavy (non-hydrogen) atoms. The van der Waals surface area contributed by atoms with Crippen LogP contribution >= 0.6 is 11.3 Å². The van der Waals surface area contributed by atoms with E-state index < -0.39 is 0 Å². The first-order valence-corrected chi connectivity index (χ1v) is 8.37. The minimum Gasteiger partial charge on any atom is -0.395 e. The van der Waals surface area contributed by atoms with Crippen molar-refractivity contribution in [2.45, 2.75) is 13.0 Å². The van der Waals surface area contributed by atoms with Gasteiger partial charge in [-0.25, -0.2) is 9.97 Å². The average Bonchev–Trinajstić information content (AvgIpc) is 3.08. The molecule has 3 aromatic rings. The Morgan fingerprint density at radius 3 is 3.00 bits per heavy atom. The molecule has 3 N–H and O–H groups in total. The fourth-order valence-electron chi connectivity index (χ4n) is 2.24. The zero-order valence-corrected chi connectivity index (χ0v) is 13.9. The van der Waals surface area contributed by atoms with E-state index in [4.69, 9.17) is 5.11 Å². The smallest absolute Gasteiger partial charge is 0.271 e. The molecular weight excluding hydrogens is 326 g/mol. The number of aliphatic hydroxyl groups is 1. The highest BCUT2D eigenvalue weighted by Gasteiger charge is 2.17. The first-order chi connectivity index (χ1) is 11.7. The van der Waals surface area contributed by atoms with Gasteiger partial charge >= 0.3 is 0 Å². The number of nitrogens with one attached hydrogen (secondary N) is 2. The van der Waals surface area contributed by atoms with Crippen molar-refractivity contribution in [3.8, 4) is 0 Å². The van der Waals surface area contributed by atoms with Gasteiger partial charge in [0.2, 0.25) is 5.95 Å². The van der Waals surface area contributed by atoms with Gasteiger partial charge in [-0.1, -0.05) is 6.07 Å². The molecule has 0 saturated heterocycles. The minimum absolute atomic E-state index is 0.0526. The summed E-state index contributed by atoms with van der Waals surface area (Å²) in [5.74, 6) is 0.0578. The third-order valence-electron chi connectivity index (χ3n) is 3.45. The highest BCUT2D eigenvalue weighted by molar-refractivity contribution is 7.17. The molecule has 1 atom stereocenters. The lowest BCUT2D eigenvalue weighted by atomic mass is 10.1. The summed E-state index contributed by atoms with van der Waals surface area (Å²) in [6, 6.07) is 5.63. The molecule has 0 radical (unpaired) electrons. The summed E-state index contributed by atoms with van der Waals surface area (Å²) in [5, 5.41) is 16.6. The second-order valence-corrected chi connectivity index (χ2v) is 6.08. The first-order valence-electron chi connectivity index (χ1n) is 7.50. The summed E-state index contributed by atoms with van der Waals surface area (Å²) < 4.78 is 0.727. The molecule has 7 nitrogen and oxygen atoms in total. The number of rotatable bonds is 6. The molecule has 0 saturated carbocycles. The summed E-state index contributed by atoms with van der Waals surface area (Å²) in [5.41, 5.74) is 2.02. The van der Waals surface area contributed by atoms with Crippen LogP contribution < -0.4 is 10.6 Å². The Kier molecular flexibility index (Phi) is 4.97. The lowest BCUT2D eigenvalue weighted by molar-refractivity contribution is 0.0942. The fourth-order valence-corrected chi connectivity index (χ4v) is 3.06. The van der Waals surface area contributed by atoms with Crippen molar-refractivity contribution in [2.24, 2.45) is 0 Å². The van der Waals surface area contributed by atoms with Crippen LogP contribution in [0.2, 0.25) is 0 Å². The third-order valence-corrected chi connectivity index (χ3v) is 4.36. The number of fused-ring (bicyclic) bond motifs is 1. The van der Waals surface area contributed by atoms with Crippen LogP contribution in [0.4, 0.5) is 5.95 Å². The van der Waals surface area contributed by atoms with Gasteiger partial charge < -0.3 is 15.7 Å². The van der Waals surface area contributed by atoms with Gasteiger partial charge in [0.15, 0.2) is 5.69 Å². The molecule has 0 aromatic carbocycles. The van der Waals surface area contributed by atoms with Crippen LogP contribution in [0.5, 0.6) is 0 Å². The lowest BCUT2D eigenvalue weighted by Gasteiger charge is -2.14. The van der Waals surface area contributed by atoms with Crippen LogP contribution in [-0.4, -0.2) is 39.1 Å². The average molecular weight is 343 g/mol. The highest BCUT2D eigenvalue weighted by atomic mass is 32.1. The number of carbonyl (C=O) groups is 1. The van der Waals surface area contributed by atoms with Crippen LogP contribution in [-0.2, 0) is 0 Å². The second-order valence-electron chi connectivity index (χ2n) is 5.16. The van der Waals surface area contributed by atoms with E-state index in [2.05, 4.69) is 25.6 Å². The lowest BCUT2D eigenvalue weighted by Crippen LogP contribution is -2.27. The van der Waals surface area contributed by atoms with Gasteiger partial charge in [0.05, 0.1) is 22.9 Å². The van der Waals surface area contributed by atoms with Crippen molar-refractivity contribution in [1.29, 1.82) is 0 Å². The number of thiophene rings is 1. The second kappa shape index (κ2) is 7.33. The molecule has 1 amide bonds. The number of pyridine rings is 1. The molecule has 0 spiro atoms. The maximum absolute atomic E-state index is 12.3. The highest BCUT2D eigenvalue weighted by Crippen LogP contribution is 2.25. The SMILES string of the molecule is CC(Nc1nc(C(=O)NCCO)c2sccc2n1)c1cccnc1. The Bertz CT molecular complexity index is 837. The molecule has 1 unspecified atom stereocenters. The minimum atomic E-state index is -0.323. The zero-order chi connectivity index (χ0) is 16.9. The Hall–Kier alpha value is -2.58. The predicted molar refractivity (Wildman–Crippen MR) is 93.1 cm³/mol. The van der Waals surface area contributed by atoms with E-state index in [-0.39, 0.29) is 25.1 Å². The van der Waals surface area contributed by atoms with Crippen LogP contribution in [0.3, 0.4) is 0 Å². The molecule has 3 aromatic heterocycles. The summed E-state index contributed by atoms with van der Waals surface area (Å²) >= 11 is 1.41. The number of aromatic nitrogens is 3. The van der Waals surface area contributed by atoms with Gasteiger partial charge in [0.25, 0.3) is 5.91 Å². The van der Waals surface area contributed by atoms with Gasteiger partial charge in [-0.2, -0.15) is 0 Å². The number of anilines is 1. The summed E-state index contributed by atoms with van der Waals surface area (Å²) in [4.78, 5) is 25.2. The van der Waals surface area contributed by atoms with E-state index >= 15 is 0 Å². The summed E-state index contributed by atoms with van der Waals surface area (Å²) in [6.45, 7) is 2.04.